The molecule has 0 bridgehead atoms. The molecule has 3 aromatic rings. The monoisotopic (exact) mass is 578 g/mol. The molecule has 1 saturated heterocycles. The molecule has 3 heterocycles. The Labute approximate surface area is 225 Å². The van der Waals surface area contributed by atoms with Gasteiger partial charge in [0.2, 0.25) is 11.8 Å². The summed E-state index contributed by atoms with van der Waals surface area (Å²) >= 11 is 1.58. The van der Waals surface area contributed by atoms with Crippen LogP contribution in [0.3, 0.4) is 0 Å². The van der Waals surface area contributed by atoms with Crippen molar-refractivity contribution in [3.8, 4) is 5.75 Å². The van der Waals surface area contributed by atoms with Crippen LogP contribution in [0.25, 0.3) is 0 Å². The standard InChI is InChI=1S/C24H17F3N4O6S2/c25-24(26,27)11-2-1-3-12(8-11)29-14(33)9-30-21-18(39-23(30)37)15(10-4-6-13(32)7-5-10)16-17(38-21)20(35)31(19(16)34)22(28)36/h1-8,15-17,32H,9H2,(H2,28,36)(H,29,33)/t15-,16+,17-/m0/s1. The first-order chi connectivity index (χ1) is 18.4. The highest BCUT2D eigenvalue weighted by atomic mass is 32.2. The number of rotatable bonds is 4. The fourth-order valence-corrected chi connectivity index (χ4v) is 7.40. The van der Waals surface area contributed by atoms with Gasteiger partial charge in [0, 0.05) is 16.5 Å². The number of anilines is 1. The molecule has 3 atom stereocenters. The Morgan fingerprint density at radius 2 is 1.74 bits per heavy atom. The van der Waals surface area contributed by atoms with Crippen molar-refractivity contribution < 1.29 is 37.5 Å². The van der Waals surface area contributed by atoms with E-state index in [2.05, 4.69) is 5.32 Å². The number of primary amides is 1. The number of phenolic OH excluding ortho intramolecular Hbond substituents is 1. The van der Waals surface area contributed by atoms with Crippen molar-refractivity contribution in [3.63, 3.8) is 0 Å². The number of benzene rings is 2. The number of nitrogens with two attached hydrogens (primary N) is 1. The van der Waals surface area contributed by atoms with Gasteiger partial charge in [-0.25, -0.2) is 4.79 Å². The fourth-order valence-electron chi connectivity index (χ4n) is 4.63. The number of aromatic hydroxyl groups is 1. The van der Waals surface area contributed by atoms with Gasteiger partial charge in [-0.05, 0) is 35.9 Å². The van der Waals surface area contributed by atoms with E-state index in [-0.39, 0.29) is 16.5 Å². The van der Waals surface area contributed by atoms with E-state index in [0.717, 1.165) is 45.9 Å². The number of phenols is 1. The minimum atomic E-state index is -4.62. The van der Waals surface area contributed by atoms with E-state index in [0.29, 0.717) is 15.3 Å². The average molecular weight is 579 g/mol. The normalized spacial score (nSPS) is 20.5. The maximum Gasteiger partial charge on any atom is 0.416 e. The number of likely N-dealkylation sites (tertiary alicyclic amines) is 1. The Kier molecular flexibility index (Phi) is 6.50. The van der Waals surface area contributed by atoms with Crippen LogP contribution in [0.2, 0.25) is 0 Å². The van der Waals surface area contributed by atoms with Gasteiger partial charge in [-0.2, -0.15) is 18.1 Å². The Balaban J connectivity index is 1.52. The first-order valence-electron chi connectivity index (χ1n) is 11.2. The van der Waals surface area contributed by atoms with E-state index < -0.39 is 64.0 Å². The summed E-state index contributed by atoms with van der Waals surface area (Å²) in [5.74, 6) is -4.52. The number of fused-ring (bicyclic) bond motifs is 2. The number of alkyl halides is 3. The maximum atomic E-state index is 13.1. The largest absolute Gasteiger partial charge is 0.508 e. The van der Waals surface area contributed by atoms with Crippen LogP contribution >= 0.6 is 23.1 Å². The number of carbonyl (C=O) groups is 4. The van der Waals surface area contributed by atoms with Gasteiger partial charge in [0.15, 0.2) is 0 Å². The van der Waals surface area contributed by atoms with E-state index in [9.17, 15) is 42.3 Å². The highest BCUT2D eigenvalue weighted by molar-refractivity contribution is 8.00. The molecule has 0 radical (unpaired) electrons. The molecule has 2 aliphatic heterocycles. The highest BCUT2D eigenvalue weighted by Crippen LogP contribution is 2.53. The van der Waals surface area contributed by atoms with Crippen LogP contribution in [0.15, 0.2) is 58.4 Å². The van der Waals surface area contributed by atoms with Gasteiger partial charge in [-0.15, -0.1) is 0 Å². The predicted molar refractivity (Wildman–Crippen MR) is 133 cm³/mol. The second-order valence-electron chi connectivity index (χ2n) is 8.73. The van der Waals surface area contributed by atoms with Crippen LogP contribution in [-0.4, -0.2) is 43.6 Å². The van der Waals surface area contributed by atoms with Gasteiger partial charge in [0.25, 0.3) is 5.91 Å². The Morgan fingerprint density at radius 3 is 2.38 bits per heavy atom. The molecule has 202 valence electrons. The molecular weight excluding hydrogens is 561 g/mol. The molecule has 0 saturated carbocycles. The summed E-state index contributed by atoms with van der Waals surface area (Å²) in [7, 11) is 0. The van der Waals surface area contributed by atoms with Crippen LogP contribution in [0.4, 0.5) is 23.7 Å². The average Bonchev–Trinajstić information content (AvgIpc) is 3.30. The third-order valence-electron chi connectivity index (χ3n) is 6.30. The van der Waals surface area contributed by atoms with Gasteiger partial charge in [0.1, 0.15) is 17.5 Å². The number of thioether (sulfide) groups is 1. The fraction of sp³-hybridized carbons (Fsp3) is 0.208. The van der Waals surface area contributed by atoms with Crippen molar-refractivity contribution in [2.45, 2.75) is 28.9 Å². The van der Waals surface area contributed by atoms with Crippen molar-refractivity contribution >= 4 is 52.5 Å². The summed E-state index contributed by atoms with van der Waals surface area (Å²) in [6.07, 6.45) is -4.62. The molecule has 1 aromatic heterocycles. The lowest BCUT2D eigenvalue weighted by Crippen LogP contribution is -2.41. The molecule has 0 spiro atoms. The topological polar surface area (TPSA) is 152 Å². The second kappa shape index (κ2) is 9.57. The molecule has 2 aliphatic rings. The minimum absolute atomic E-state index is 0.0645. The van der Waals surface area contributed by atoms with Gasteiger partial charge in [-0.3, -0.25) is 23.7 Å². The molecule has 0 unspecified atom stereocenters. The number of amides is 5. The molecule has 39 heavy (non-hydrogen) atoms. The summed E-state index contributed by atoms with van der Waals surface area (Å²) in [6.45, 7) is -0.588. The molecule has 0 aliphatic carbocycles. The highest BCUT2D eigenvalue weighted by Gasteiger charge is 2.57. The number of hydrogen-bond donors (Lipinski definition) is 3. The van der Waals surface area contributed by atoms with Crippen LogP contribution < -0.4 is 15.9 Å². The molecule has 15 heteroatoms. The lowest BCUT2D eigenvalue weighted by Gasteiger charge is -2.30. The number of imide groups is 3. The van der Waals surface area contributed by atoms with E-state index >= 15 is 0 Å². The van der Waals surface area contributed by atoms with E-state index in [1.165, 1.54) is 30.3 Å². The zero-order chi connectivity index (χ0) is 28.2. The maximum absolute atomic E-state index is 13.1. The lowest BCUT2D eigenvalue weighted by molar-refractivity contribution is -0.138. The summed E-state index contributed by atoms with van der Waals surface area (Å²) < 4.78 is 40.2. The molecule has 2 aromatic carbocycles. The van der Waals surface area contributed by atoms with Crippen LogP contribution in [-0.2, 0) is 27.1 Å². The number of nitrogens with one attached hydrogen (secondary N) is 1. The first-order valence-corrected chi connectivity index (χ1v) is 12.9. The Bertz CT molecular complexity index is 1580. The minimum Gasteiger partial charge on any atom is -0.508 e. The van der Waals surface area contributed by atoms with Crippen LogP contribution in [0, 0.1) is 5.92 Å². The third-order valence-corrected chi connectivity index (χ3v) is 8.90. The summed E-state index contributed by atoms with van der Waals surface area (Å²) in [5.41, 5.74) is 4.65. The molecule has 1 fully saturated rings. The molecule has 5 rings (SSSR count). The van der Waals surface area contributed by atoms with E-state index in [1.807, 2.05) is 0 Å². The number of nitrogens with zero attached hydrogens (tertiary/aromatic N) is 2. The predicted octanol–water partition coefficient (Wildman–Crippen LogP) is 2.94. The van der Waals surface area contributed by atoms with E-state index in [4.69, 9.17) is 5.73 Å². The molecule has 10 nitrogen and oxygen atoms in total. The van der Waals surface area contributed by atoms with Crippen LogP contribution in [0.1, 0.15) is 21.9 Å². The number of aromatic nitrogens is 1. The van der Waals surface area contributed by atoms with Gasteiger partial charge >= 0.3 is 17.1 Å². The molecule has 5 amide bonds. The summed E-state index contributed by atoms with van der Waals surface area (Å²) in [6, 6.07) is 8.50. The number of carbonyl (C=O) groups excluding carboxylic acids is 4. The zero-order valence-corrected chi connectivity index (χ0v) is 21.1. The summed E-state index contributed by atoms with van der Waals surface area (Å²) in [5, 5.41) is 11.1. The van der Waals surface area contributed by atoms with Crippen LogP contribution in [0.5, 0.6) is 5.75 Å². The smallest absolute Gasteiger partial charge is 0.416 e. The quantitative estimate of drug-likeness (QED) is 0.403. The van der Waals surface area contributed by atoms with Crippen molar-refractivity contribution in [3.05, 3.63) is 74.2 Å². The third kappa shape index (κ3) is 4.67. The number of hydrogen-bond acceptors (Lipinski definition) is 8. The Morgan fingerprint density at radius 1 is 1.05 bits per heavy atom. The molecular formula is C24H17F3N4O6S2. The second-order valence-corrected chi connectivity index (χ2v) is 10.9. The SMILES string of the molecule is NC(=O)N1C(=O)[C@@H]2[C@H](c3ccc(O)cc3)c3sc(=O)n(CC(=O)Nc4cccc(C(F)(F)F)c4)c3S[C@@H]2C1=O. The number of thiazole rings is 1. The van der Waals surface area contributed by atoms with Gasteiger partial charge in [0.05, 0.1) is 16.5 Å². The van der Waals surface area contributed by atoms with Crippen molar-refractivity contribution in [1.82, 2.24) is 9.47 Å². The summed E-state index contributed by atoms with van der Waals surface area (Å²) in [4.78, 5) is 63.9. The van der Waals surface area contributed by atoms with Crippen molar-refractivity contribution in [2.24, 2.45) is 11.7 Å². The van der Waals surface area contributed by atoms with Crippen molar-refractivity contribution in [2.75, 3.05) is 5.32 Å². The number of urea groups is 1. The molecule has 4 N–H and O–H groups in total. The lowest BCUT2D eigenvalue weighted by atomic mass is 9.83. The van der Waals surface area contributed by atoms with Gasteiger partial charge in [-0.1, -0.05) is 41.3 Å². The van der Waals surface area contributed by atoms with E-state index in [1.54, 1.807) is 0 Å². The van der Waals surface area contributed by atoms with Crippen molar-refractivity contribution in [1.29, 1.82) is 0 Å². The number of halogens is 3. The van der Waals surface area contributed by atoms with Gasteiger partial charge < -0.3 is 16.2 Å². The Hall–Kier alpha value is -4.11. The first kappa shape index (κ1) is 26.5. The zero-order valence-electron chi connectivity index (χ0n) is 19.5.